The lowest BCUT2D eigenvalue weighted by molar-refractivity contribution is 0.312. The molecular weight excluding hydrogens is 392 g/mol. The molecule has 5 aromatic rings. The molecule has 31 heavy (non-hydrogen) atoms. The standard InChI is InChI=1S/C21H22N10/c1-29-7-9-31(10-8-29)21-18-15(5-6-22-21)25-20(26-18)19-17-16(27-28-19)4-3-14(24-17)13-11-23-30(2)12-13/h3-6,11-12H,7-10H2,1-2H3,(H,25,26)(H,27,28). The van der Waals surface area contributed by atoms with Crippen LogP contribution in [0.5, 0.6) is 0 Å². The van der Waals surface area contributed by atoms with E-state index >= 15 is 0 Å². The molecule has 0 atom stereocenters. The van der Waals surface area contributed by atoms with Gasteiger partial charge in [-0.25, -0.2) is 15.0 Å². The number of nitrogens with one attached hydrogen (secondary N) is 2. The van der Waals surface area contributed by atoms with Gasteiger partial charge in [0.2, 0.25) is 0 Å². The van der Waals surface area contributed by atoms with E-state index in [0.29, 0.717) is 11.5 Å². The maximum absolute atomic E-state index is 4.89. The van der Waals surface area contributed by atoms with E-state index in [1.165, 1.54) is 0 Å². The summed E-state index contributed by atoms with van der Waals surface area (Å²) in [6.45, 7) is 3.90. The molecule has 0 aliphatic carbocycles. The molecule has 10 nitrogen and oxygen atoms in total. The number of rotatable bonds is 3. The van der Waals surface area contributed by atoms with Crippen LogP contribution in [0, 0.1) is 0 Å². The van der Waals surface area contributed by atoms with Crippen LogP contribution in [-0.4, -0.2) is 78.0 Å². The van der Waals surface area contributed by atoms with Gasteiger partial charge in [0.05, 0.1) is 22.9 Å². The first kappa shape index (κ1) is 18.0. The number of hydrogen-bond donors (Lipinski definition) is 2. The van der Waals surface area contributed by atoms with Gasteiger partial charge in [-0.1, -0.05) is 0 Å². The maximum atomic E-state index is 4.89. The second kappa shape index (κ2) is 6.88. The lowest BCUT2D eigenvalue weighted by Crippen LogP contribution is -2.44. The molecule has 0 amide bonds. The minimum atomic E-state index is 0.681. The fraction of sp³-hybridized carbons (Fsp3) is 0.286. The molecule has 1 fully saturated rings. The minimum absolute atomic E-state index is 0.681. The Labute approximate surface area is 177 Å². The number of fused-ring (bicyclic) bond motifs is 2. The number of hydrogen-bond acceptors (Lipinski definition) is 7. The third-order valence-electron chi connectivity index (χ3n) is 5.82. The van der Waals surface area contributed by atoms with E-state index < -0.39 is 0 Å². The van der Waals surface area contributed by atoms with Crippen molar-refractivity contribution in [2.75, 3.05) is 38.1 Å². The van der Waals surface area contributed by atoms with Crippen LogP contribution in [0.3, 0.4) is 0 Å². The van der Waals surface area contributed by atoms with Crippen molar-refractivity contribution in [3.63, 3.8) is 0 Å². The highest BCUT2D eigenvalue weighted by atomic mass is 15.3. The van der Waals surface area contributed by atoms with Crippen LogP contribution in [0.25, 0.3) is 44.8 Å². The summed E-state index contributed by atoms with van der Waals surface area (Å²) >= 11 is 0. The molecule has 156 valence electrons. The minimum Gasteiger partial charge on any atom is -0.352 e. The largest absolute Gasteiger partial charge is 0.352 e. The molecule has 6 rings (SSSR count). The third-order valence-corrected chi connectivity index (χ3v) is 5.82. The Bertz CT molecular complexity index is 1390. The van der Waals surface area contributed by atoms with Crippen molar-refractivity contribution in [1.29, 1.82) is 0 Å². The quantitative estimate of drug-likeness (QED) is 0.465. The van der Waals surface area contributed by atoms with Crippen molar-refractivity contribution in [1.82, 2.24) is 44.8 Å². The predicted molar refractivity (Wildman–Crippen MR) is 119 cm³/mol. The van der Waals surface area contributed by atoms with E-state index in [1.54, 1.807) is 4.68 Å². The molecule has 10 heteroatoms. The Hall–Kier alpha value is -3.79. The highest BCUT2D eigenvalue weighted by Gasteiger charge is 2.21. The summed E-state index contributed by atoms with van der Waals surface area (Å²) in [5.41, 5.74) is 5.94. The van der Waals surface area contributed by atoms with Crippen LogP contribution in [-0.2, 0) is 7.05 Å². The SMILES string of the molecule is CN1CCN(c2nccc3[nH]c(-c4n[nH]c5ccc(-c6cnn(C)c6)nc45)nc23)CC1. The lowest BCUT2D eigenvalue weighted by atomic mass is 10.2. The number of imidazole rings is 1. The second-order valence-electron chi connectivity index (χ2n) is 7.97. The number of aromatic nitrogens is 8. The zero-order chi connectivity index (χ0) is 20.9. The molecule has 0 bridgehead atoms. The van der Waals surface area contributed by atoms with E-state index in [0.717, 1.165) is 65.3 Å². The molecule has 1 saturated heterocycles. The Kier molecular flexibility index (Phi) is 4.00. The average molecular weight is 414 g/mol. The molecule has 0 unspecified atom stereocenters. The van der Waals surface area contributed by atoms with Gasteiger partial charge in [0, 0.05) is 51.2 Å². The van der Waals surface area contributed by atoms with Gasteiger partial charge in [0.25, 0.3) is 0 Å². The van der Waals surface area contributed by atoms with Crippen LogP contribution in [0.4, 0.5) is 5.82 Å². The maximum Gasteiger partial charge on any atom is 0.161 e. The molecule has 5 aromatic heterocycles. The van der Waals surface area contributed by atoms with Crippen molar-refractivity contribution in [3.05, 3.63) is 36.8 Å². The fourth-order valence-corrected chi connectivity index (χ4v) is 4.06. The first-order valence-electron chi connectivity index (χ1n) is 10.3. The van der Waals surface area contributed by atoms with Gasteiger partial charge in [0.1, 0.15) is 11.0 Å². The number of likely N-dealkylation sites (N-methyl/N-ethyl adjacent to an activating group) is 1. The molecule has 1 aliphatic rings. The van der Waals surface area contributed by atoms with Gasteiger partial charge in [-0.05, 0) is 25.2 Å². The van der Waals surface area contributed by atoms with E-state index in [-0.39, 0.29) is 0 Å². The molecule has 0 aromatic carbocycles. The molecule has 1 aliphatic heterocycles. The number of aryl methyl sites for hydroxylation is 1. The zero-order valence-electron chi connectivity index (χ0n) is 17.4. The van der Waals surface area contributed by atoms with Crippen LogP contribution >= 0.6 is 0 Å². The molecule has 6 heterocycles. The van der Waals surface area contributed by atoms with Crippen molar-refractivity contribution in [2.45, 2.75) is 0 Å². The summed E-state index contributed by atoms with van der Waals surface area (Å²) < 4.78 is 1.77. The summed E-state index contributed by atoms with van der Waals surface area (Å²) in [7, 11) is 4.04. The summed E-state index contributed by atoms with van der Waals surface area (Å²) in [4.78, 5) is 22.4. The highest BCUT2D eigenvalue weighted by Crippen LogP contribution is 2.30. The van der Waals surface area contributed by atoms with E-state index in [4.69, 9.17) is 9.97 Å². The predicted octanol–water partition coefficient (Wildman–Crippen LogP) is 2.05. The van der Waals surface area contributed by atoms with Gasteiger partial charge in [-0.15, -0.1) is 0 Å². The number of piperazine rings is 1. The van der Waals surface area contributed by atoms with Crippen molar-refractivity contribution < 1.29 is 0 Å². The number of pyridine rings is 2. The van der Waals surface area contributed by atoms with Gasteiger partial charge in [0.15, 0.2) is 17.3 Å². The number of nitrogens with zero attached hydrogens (tertiary/aromatic N) is 8. The Morgan fingerprint density at radius 3 is 2.61 bits per heavy atom. The summed E-state index contributed by atoms with van der Waals surface area (Å²) in [5.74, 6) is 1.59. The molecule has 0 radical (unpaired) electrons. The number of H-pyrrole nitrogens is 2. The van der Waals surface area contributed by atoms with Gasteiger partial charge in [-0.2, -0.15) is 10.2 Å². The second-order valence-corrected chi connectivity index (χ2v) is 7.97. The van der Waals surface area contributed by atoms with Crippen LogP contribution in [0.15, 0.2) is 36.8 Å². The lowest BCUT2D eigenvalue weighted by Gasteiger charge is -2.33. The van der Waals surface area contributed by atoms with Gasteiger partial charge in [-0.3, -0.25) is 9.78 Å². The van der Waals surface area contributed by atoms with E-state index in [2.05, 4.69) is 42.1 Å². The molecular formula is C21H22N10. The van der Waals surface area contributed by atoms with Gasteiger partial charge < -0.3 is 14.8 Å². The molecule has 0 saturated carbocycles. The summed E-state index contributed by atoms with van der Waals surface area (Å²) in [6.07, 6.45) is 5.59. The molecule has 2 N–H and O–H groups in total. The van der Waals surface area contributed by atoms with E-state index in [9.17, 15) is 0 Å². The Morgan fingerprint density at radius 2 is 1.81 bits per heavy atom. The topological polar surface area (TPSA) is 107 Å². The highest BCUT2D eigenvalue weighted by molar-refractivity contribution is 5.93. The van der Waals surface area contributed by atoms with Crippen molar-refractivity contribution in [2.24, 2.45) is 7.05 Å². The third kappa shape index (κ3) is 3.03. The number of anilines is 1. The van der Waals surface area contributed by atoms with Crippen molar-refractivity contribution in [3.8, 4) is 22.8 Å². The van der Waals surface area contributed by atoms with Crippen LogP contribution in [0.1, 0.15) is 0 Å². The fourth-order valence-electron chi connectivity index (χ4n) is 4.06. The Balaban J connectivity index is 1.44. The smallest absolute Gasteiger partial charge is 0.161 e. The van der Waals surface area contributed by atoms with E-state index in [1.807, 2.05) is 43.8 Å². The van der Waals surface area contributed by atoms with Crippen LogP contribution < -0.4 is 4.90 Å². The normalized spacial score (nSPS) is 15.4. The first-order valence-corrected chi connectivity index (χ1v) is 10.3. The Morgan fingerprint density at radius 1 is 0.935 bits per heavy atom. The monoisotopic (exact) mass is 414 g/mol. The number of aromatic amines is 2. The van der Waals surface area contributed by atoms with Crippen molar-refractivity contribution >= 4 is 27.9 Å². The zero-order valence-corrected chi connectivity index (χ0v) is 17.4. The molecule has 0 spiro atoms. The average Bonchev–Trinajstić information content (AvgIpc) is 3.51. The first-order chi connectivity index (χ1) is 15.2. The summed E-state index contributed by atoms with van der Waals surface area (Å²) in [6, 6.07) is 5.91. The van der Waals surface area contributed by atoms with Crippen LogP contribution in [0.2, 0.25) is 0 Å². The summed E-state index contributed by atoms with van der Waals surface area (Å²) in [5, 5.41) is 11.8. The van der Waals surface area contributed by atoms with Gasteiger partial charge >= 0.3 is 0 Å².